The maximum absolute atomic E-state index is 5.94. The van der Waals surface area contributed by atoms with Gasteiger partial charge in [-0.3, -0.25) is 0 Å². The number of aryl methyl sites for hydroxylation is 1. The number of halogens is 1. The van der Waals surface area contributed by atoms with Crippen molar-refractivity contribution in [3.63, 3.8) is 0 Å². The molecule has 0 radical (unpaired) electrons. The Morgan fingerprint density at radius 1 is 1.26 bits per heavy atom. The van der Waals surface area contributed by atoms with Crippen LogP contribution in [0.15, 0.2) is 24.3 Å². The van der Waals surface area contributed by atoms with Crippen molar-refractivity contribution in [1.29, 1.82) is 0 Å². The van der Waals surface area contributed by atoms with Gasteiger partial charge in [0.1, 0.15) is 0 Å². The third-order valence-corrected chi connectivity index (χ3v) is 4.14. The molecule has 0 aliphatic carbocycles. The molecule has 100 valence electrons. The number of hydrogen-bond acceptors (Lipinski definition) is 2. The summed E-state index contributed by atoms with van der Waals surface area (Å²) in [5, 5.41) is 8.88. The van der Waals surface area contributed by atoms with E-state index in [1.807, 2.05) is 28.9 Å². The summed E-state index contributed by atoms with van der Waals surface area (Å²) in [5.41, 5.74) is 4.86. The van der Waals surface area contributed by atoms with Crippen LogP contribution in [-0.4, -0.2) is 22.9 Å². The maximum Gasteiger partial charge on any atom is 0.0649 e. The van der Waals surface area contributed by atoms with Crippen LogP contribution in [0, 0.1) is 13.8 Å². The number of nitrogens with zero attached hydrogens (tertiary/aromatic N) is 2. The molecule has 1 unspecified atom stereocenters. The molecule has 1 aliphatic heterocycles. The van der Waals surface area contributed by atoms with Gasteiger partial charge in [-0.05, 0) is 51.1 Å². The molecule has 1 fully saturated rings. The lowest BCUT2D eigenvalue weighted by atomic mass is 9.96. The molecule has 19 heavy (non-hydrogen) atoms. The van der Waals surface area contributed by atoms with E-state index in [1.54, 1.807) is 0 Å². The van der Waals surface area contributed by atoms with Gasteiger partial charge >= 0.3 is 0 Å². The molecular weight excluding hydrogens is 258 g/mol. The Morgan fingerprint density at radius 2 is 2.00 bits per heavy atom. The second-order valence-electron chi connectivity index (χ2n) is 5.16. The minimum atomic E-state index is 0.598. The molecule has 1 aliphatic rings. The molecule has 0 saturated carbocycles. The van der Waals surface area contributed by atoms with Crippen molar-refractivity contribution in [1.82, 2.24) is 15.1 Å². The van der Waals surface area contributed by atoms with Gasteiger partial charge in [-0.1, -0.05) is 11.6 Å². The monoisotopic (exact) mass is 275 g/mol. The highest BCUT2D eigenvalue weighted by atomic mass is 35.5. The van der Waals surface area contributed by atoms with Crippen LogP contribution < -0.4 is 5.32 Å². The fraction of sp³-hybridized carbons (Fsp3) is 0.400. The van der Waals surface area contributed by atoms with Crippen LogP contribution in [0.4, 0.5) is 0 Å². The molecule has 1 aromatic carbocycles. The van der Waals surface area contributed by atoms with E-state index in [4.69, 9.17) is 16.7 Å². The average Bonchev–Trinajstić information content (AvgIpc) is 2.99. The molecule has 1 saturated heterocycles. The summed E-state index contributed by atoms with van der Waals surface area (Å²) in [6.45, 7) is 6.43. The van der Waals surface area contributed by atoms with Crippen molar-refractivity contribution < 1.29 is 0 Å². The Morgan fingerprint density at radius 3 is 2.63 bits per heavy atom. The molecule has 1 atom stereocenters. The first-order valence-electron chi connectivity index (χ1n) is 6.69. The predicted molar refractivity (Wildman–Crippen MR) is 78.3 cm³/mol. The van der Waals surface area contributed by atoms with E-state index in [0.717, 1.165) is 29.5 Å². The summed E-state index contributed by atoms with van der Waals surface area (Å²) >= 11 is 5.94. The Hall–Kier alpha value is -1.32. The van der Waals surface area contributed by atoms with Crippen LogP contribution in [0.5, 0.6) is 0 Å². The highest BCUT2D eigenvalue weighted by molar-refractivity contribution is 6.30. The fourth-order valence-corrected chi connectivity index (χ4v) is 3.11. The van der Waals surface area contributed by atoms with E-state index in [9.17, 15) is 0 Å². The van der Waals surface area contributed by atoms with Gasteiger partial charge in [-0.25, -0.2) is 4.68 Å². The van der Waals surface area contributed by atoms with Crippen molar-refractivity contribution in [3.05, 3.63) is 46.2 Å². The largest absolute Gasteiger partial charge is 0.316 e. The minimum Gasteiger partial charge on any atom is -0.316 e. The van der Waals surface area contributed by atoms with E-state index >= 15 is 0 Å². The molecular formula is C15H18ClN3. The first kappa shape index (κ1) is 12.7. The molecule has 0 bridgehead atoms. The summed E-state index contributed by atoms with van der Waals surface area (Å²) in [7, 11) is 0. The second-order valence-corrected chi connectivity index (χ2v) is 5.60. The normalized spacial score (nSPS) is 19.0. The van der Waals surface area contributed by atoms with E-state index in [0.29, 0.717) is 5.92 Å². The van der Waals surface area contributed by atoms with Gasteiger partial charge in [0.15, 0.2) is 0 Å². The van der Waals surface area contributed by atoms with Crippen LogP contribution in [0.3, 0.4) is 0 Å². The van der Waals surface area contributed by atoms with E-state index in [2.05, 4.69) is 19.2 Å². The Labute approximate surface area is 118 Å². The van der Waals surface area contributed by atoms with Gasteiger partial charge in [-0.2, -0.15) is 5.10 Å². The van der Waals surface area contributed by atoms with Gasteiger partial charge in [-0.15, -0.1) is 0 Å². The molecule has 3 nitrogen and oxygen atoms in total. The van der Waals surface area contributed by atoms with Crippen molar-refractivity contribution in [2.75, 3.05) is 13.1 Å². The number of benzene rings is 1. The van der Waals surface area contributed by atoms with Gasteiger partial charge in [0.25, 0.3) is 0 Å². The third-order valence-electron chi connectivity index (χ3n) is 3.89. The highest BCUT2D eigenvalue weighted by Gasteiger charge is 2.24. The van der Waals surface area contributed by atoms with Crippen LogP contribution in [-0.2, 0) is 0 Å². The molecule has 0 spiro atoms. The third kappa shape index (κ3) is 2.28. The fourth-order valence-electron chi connectivity index (χ4n) is 2.98. The van der Waals surface area contributed by atoms with E-state index in [1.165, 1.54) is 17.7 Å². The van der Waals surface area contributed by atoms with Crippen LogP contribution >= 0.6 is 11.6 Å². The van der Waals surface area contributed by atoms with E-state index in [-0.39, 0.29) is 0 Å². The first-order chi connectivity index (χ1) is 9.16. The summed E-state index contributed by atoms with van der Waals surface area (Å²) in [6.07, 6.45) is 1.20. The van der Waals surface area contributed by atoms with Crippen molar-refractivity contribution >= 4 is 11.6 Å². The lowest BCUT2D eigenvalue weighted by Gasteiger charge is -2.10. The SMILES string of the molecule is Cc1nn(-c2ccc(Cl)cc2)c(C)c1C1CCNC1. The van der Waals surface area contributed by atoms with Gasteiger partial charge in [0, 0.05) is 28.7 Å². The van der Waals surface area contributed by atoms with Crippen molar-refractivity contribution in [3.8, 4) is 5.69 Å². The Bertz CT molecular complexity index is 580. The zero-order valence-corrected chi connectivity index (χ0v) is 12.0. The highest BCUT2D eigenvalue weighted by Crippen LogP contribution is 2.29. The van der Waals surface area contributed by atoms with Gasteiger partial charge in [0.05, 0.1) is 11.4 Å². The maximum atomic E-state index is 5.94. The van der Waals surface area contributed by atoms with Gasteiger partial charge in [0.2, 0.25) is 0 Å². The lowest BCUT2D eigenvalue weighted by Crippen LogP contribution is -2.09. The number of hydrogen-bond donors (Lipinski definition) is 1. The Balaban J connectivity index is 2.03. The zero-order valence-electron chi connectivity index (χ0n) is 11.3. The summed E-state index contributed by atoms with van der Waals surface area (Å²) in [4.78, 5) is 0. The Kier molecular flexibility index (Phi) is 3.33. The second kappa shape index (κ2) is 4.99. The molecule has 2 aromatic rings. The molecule has 1 N–H and O–H groups in total. The number of rotatable bonds is 2. The lowest BCUT2D eigenvalue weighted by molar-refractivity contribution is 0.749. The average molecular weight is 276 g/mol. The standard InChI is InChI=1S/C15H18ClN3/c1-10-15(12-7-8-17-9-12)11(2)19(18-10)14-5-3-13(16)4-6-14/h3-6,12,17H,7-9H2,1-2H3. The van der Waals surface area contributed by atoms with E-state index < -0.39 is 0 Å². The van der Waals surface area contributed by atoms with Crippen LogP contribution in [0.1, 0.15) is 29.3 Å². The summed E-state index contributed by atoms with van der Waals surface area (Å²) in [5.74, 6) is 0.598. The molecule has 0 amide bonds. The smallest absolute Gasteiger partial charge is 0.0649 e. The first-order valence-corrected chi connectivity index (χ1v) is 7.07. The number of aromatic nitrogens is 2. The molecule has 4 heteroatoms. The molecule has 1 aromatic heterocycles. The predicted octanol–water partition coefficient (Wildman–Crippen LogP) is 3.22. The van der Waals surface area contributed by atoms with Crippen LogP contribution in [0.25, 0.3) is 5.69 Å². The van der Waals surface area contributed by atoms with Crippen LogP contribution in [0.2, 0.25) is 5.02 Å². The molecule has 3 rings (SSSR count). The van der Waals surface area contributed by atoms with Crippen molar-refractivity contribution in [2.45, 2.75) is 26.2 Å². The topological polar surface area (TPSA) is 29.9 Å². The zero-order chi connectivity index (χ0) is 13.4. The molecule has 2 heterocycles. The summed E-state index contributed by atoms with van der Waals surface area (Å²) < 4.78 is 2.03. The summed E-state index contributed by atoms with van der Waals surface area (Å²) in [6, 6.07) is 7.84. The quantitative estimate of drug-likeness (QED) is 0.912. The minimum absolute atomic E-state index is 0.598. The van der Waals surface area contributed by atoms with Crippen molar-refractivity contribution in [2.24, 2.45) is 0 Å². The van der Waals surface area contributed by atoms with Gasteiger partial charge < -0.3 is 5.32 Å². The number of nitrogens with one attached hydrogen (secondary N) is 1.